The van der Waals surface area contributed by atoms with Gasteiger partial charge in [-0.2, -0.15) is 0 Å². The molecule has 164 valence electrons. The van der Waals surface area contributed by atoms with Crippen molar-refractivity contribution in [2.24, 2.45) is 0 Å². The van der Waals surface area contributed by atoms with Crippen LogP contribution in [-0.4, -0.2) is 38.9 Å². The van der Waals surface area contributed by atoms with E-state index >= 15 is 0 Å². The van der Waals surface area contributed by atoms with E-state index in [9.17, 15) is 9.90 Å². The SMILES string of the molecule is CC(C)(C)OC(=O)N(c1cccc(CCO)n1)C(C)(C)CC(C)(C)c1ccccn1. The normalized spacial score (nSPS) is 12.5. The minimum absolute atomic E-state index is 0.00100. The zero-order valence-corrected chi connectivity index (χ0v) is 19.3. The van der Waals surface area contributed by atoms with E-state index in [-0.39, 0.29) is 12.0 Å². The summed E-state index contributed by atoms with van der Waals surface area (Å²) in [5.74, 6) is 0.511. The van der Waals surface area contributed by atoms with E-state index in [2.05, 4.69) is 23.8 Å². The van der Waals surface area contributed by atoms with Crippen molar-refractivity contribution in [1.82, 2.24) is 9.97 Å². The minimum Gasteiger partial charge on any atom is -0.443 e. The van der Waals surface area contributed by atoms with Crippen molar-refractivity contribution in [3.05, 3.63) is 54.0 Å². The Balaban J connectivity index is 2.46. The Morgan fingerprint density at radius 3 is 2.30 bits per heavy atom. The van der Waals surface area contributed by atoms with Gasteiger partial charge in [0.05, 0.1) is 0 Å². The monoisotopic (exact) mass is 413 g/mol. The fraction of sp³-hybridized carbons (Fsp3) is 0.542. The number of carbonyl (C=O) groups is 1. The van der Waals surface area contributed by atoms with Crippen molar-refractivity contribution in [1.29, 1.82) is 0 Å². The highest BCUT2D eigenvalue weighted by molar-refractivity contribution is 5.88. The molecule has 6 heteroatoms. The van der Waals surface area contributed by atoms with E-state index in [1.165, 1.54) is 0 Å². The van der Waals surface area contributed by atoms with Crippen molar-refractivity contribution in [2.75, 3.05) is 11.5 Å². The first-order chi connectivity index (χ1) is 13.9. The van der Waals surface area contributed by atoms with E-state index in [0.29, 0.717) is 18.7 Å². The molecule has 0 aliphatic heterocycles. The summed E-state index contributed by atoms with van der Waals surface area (Å²) in [6.45, 7) is 13.8. The highest BCUT2D eigenvalue weighted by Gasteiger charge is 2.41. The molecule has 1 N–H and O–H groups in total. The van der Waals surface area contributed by atoms with Crippen LogP contribution in [0.15, 0.2) is 42.6 Å². The first-order valence-corrected chi connectivity index (χ1v) is 10.4. The second-order valence-electron chi connectivity index (χ2n) is 9.86. The lowest BCUT2D eigenvalue weighted by Gasteiger charge is -2.42. The summed E-state index contributed by atoms with van der Waals surface area (Å²) in [6.07, 6.45) is 2.41. The van der Waals surface area contributed by atoms with Crippen LogP contribution in [-0.2, 0) is 16.6 Å². The van der Waals surface area contributed by atoms with Crippen molar-refractivity contribution in [3.63, 3.8) is 0 Å². The number of amides is 1. The third-order valence-electron chi connectivity index (χ3n) is 4.80. The van der Waals surface area contributed by atoms with Crippen molar-refractivity contribution < 1.29 is 14.6 Å². The molecule has 6 nitrogen and oxygen atoms in total. The number of carbonyl (C=O) groups excluding carboxylic acids is 1. The van der Waals surface area contributed by atoms with Gasteiger partial charge in [0.1, 0.15) is 11.4 Å². The van der Waals surface area contributed by atoms with Gasteiger partial charge in [-0.3, -0.25) is 9.88 Å². The lowest BCUT2D eigenvalue weighted by Crippen LogP contribution is -2.53. The van der Waals surface area contributed by atoms with Gasteiger partial charge in [-0.25, -0.2) is 9.78 Å². The van der Waals surface area contributed by atoms with Crippen molar-refractivity contribution >= 4 is 11.9 Å². The molecule has 0 saturated carbocycles. The first-order valence-electron chi connectivity index (χ1n) is 10.4. The van der Waals surface area contributed by atoms with E-state index in [4.69, 9.17) is 4.74 Å². The summed E-state index contributed by atoms with van der Waals surface area (Å²) < 4.78 is 5.74. The van der Waals surface area contributed by atoms with Gasteiger partial charge in [-0.1, -0.05) is 26.0 Å². The van der Waals surface area contributed by atoms with E-state index in [1.54, 1.807) is 17.2 Å². The molecule has 2 heterocycles. The minimum atomic E-state index is -0.634. The number of pyridine rings is 2. The topological polar surface area (TPSA) is 75.5 Å². The van der Waals surface area contributed by atoms with Crippen LogP contribution < -0.4 is 4.90 Å². The van der Waals surface area contributed by atoms with Crippen molar-refractivity contribution in [3.8, 4) is 0 Å². The maximum absolute atomic E-state index is 13.3. The number of hydrogen-bond acceptors (Lipinski definition) is 5. The van der Waals surface area contributed by atoms with Crippen LogP contribution in [0.4, 0.5) is 10.6 Å². The molecule has 0 aromatic carbocycles. The maximum atomic E-state index is 13.3. The number of anilines is 1. The van der Waals surface area contributed by atoms with Crippen LogP contribution in [0.3, 0.4) is 0 Å². The second-order valence-corrected chi connectivity index (χ2v) is 9.86. The Morgan fingerprint density at radius 2 is 1.73 bits per heavy atom. The Morgan fingerprint density at radius 1 is 1.03 bits per heavy atom. The number of ether oxygens (including phenoxy) is 1. The standard InChI is InChI=1S/C24H35N3O3/c1-22(2,3)30-21(29)27(20-13-10-11-18(26-20)14-16-28)24(6,7)17-23(4,5)19-12-8-9-15-25-19/h8-13,15,28H,14,16-17H2,1-7H3. The van der Waals surface area contributed by atoms with Crippen LogP contribution in [0.5, 0.6) is 0 Å². The first kappa shape index (κ1) is 23.8. The predicted octanol–water partition coefficient (Wildman–Crippen LogP) is 4.90. The summed E-state index contributed by atoms with van der Waals surface area (Å²) in [4.78, 5) is 24.1. The molecule has 0 spiro atoms. The van der Waals surface area contributed by atoms with Gasteiger partial charge in [0, 0.05) is 41.6 Å². The van der Waals surface area contributed by atoms with Gasteiger partial charge < -0.3 is 9.84 Å². The Hall–Kier alpha value is -2.47. The second kappa shape index (κ2) is 9.13. The van der Waals surface area contributed by atoms with Gasteiger partial charge in [-0.15, -0.1) is 0 Å². The molecule has 1 amide bonds. The summed E-state index contributed by atoms with van der Waals surface area (Å²) >= 11 is 0. The molecular formula is C24H35N3O3. The smallest absolute Gasteiger partial charge is 0.416 e. The molecule has 0 aliphatic carbocycles. The molecule has 0 atom stereocenters. The third kappa shape index (κ3) is 6.26. The van der Waals surface area contributed by atoms with Crippen LogP contribution in [0.1, 0.15) is 66.3 Å². The maximum Gasteiger partial charge on any atom is 0.416 e. The molecule has 2 aromatic heterocycles. The molecular weight excluding hydrogens is 378 g/mol. The largest absolute Gasteiger partial charge is 0.443 e. The number of aliphatic hydroxyl groups is 1. The summed E-state index contributed by atoms with van der Waals surface area (Å²) in [5, 5.41) is 9.30. The molecule has 0 radical (unpaired) electrons. The van der Waals surface area contributed by atoms with Gasteiger partial charge >= 0.3 is 6.09 Å². The Labute approximate surface area is 180 Å². The van der Waals surface area contributed by atoms with Crippen LogP contribution in [0.25, 0.3) is 0 Å². The van der Waals surface area contributed by atoms with Gasteiger partial charge in [0.25, 0.3) is 0 Å². The zero-order chi connectivity index (χ0) is 22.6. The fourth-order valence-electron chi connectivity index (χ4n) is 3.82. The van der Waals surface area contributed by atoms with Crippen LogP contribution >= 0.6 is 0 Å². The number of aliphatic hydroxyl groups excluding tert-OH is 1. The summed E-state index contributed by atoms with van der Waals surface area (Å²) in [5.41, 5.74) is 0.152. The van der Waals surface area contributed by atoms with Gasteiger partial charge in [0.15, 0.2) is 0 Å². The number of rotatable bonds is 7. The molecule has 2 rings (SSSR count). The quantitative estimate of drug-likeness (QED) is 0.699. The highest BCUT2D eigenvalue weighted by atomic mass is 16.6. The molecule has 2 aromatic rings. The van der Waals surface area contributed by atoms with Crippen molar-refractivity contribution in [2.45, 2.75) is 77.9 Å². The zero-order valence-electron chi connectivity index (χ0n) is 19.3. The predicted molar refractivity (Wildman–Crippen MR) is 120 cm³/mol. The molecule has 0 unspecified atom stereocenters. The van der Waals surface area contributed by atoms with E-state index < -0.39 is 17.2 Å². The summed E-state index contributed by atoms with van der Waals surface area (Å²) in [7, 11) is 0. The Kier molecular flexibility index (Phi) is 7.24. The highest BCUT2D eigenvalue weighted by Crippen LogP contribution is 2.36. The molecule has 0 saturated heterocycles. The molecule has 0 fully saturated rings. The van der Waals surface area contributed by atoms with Crippen LogP contribution in [0.2, 0.25) is 0 Å². The lowest BCUT2D eigenvalue weighted by atomic mass is 9.76. The lowest BCUT2D eigenvalue weighted by molar-refractivity contribution is 0.0534. The number of nitrogens with zero attached hydrogens (tertiary/aromatic N) is 3. The average molecular weight is 414 g/mol. The van der Waals surface area contributed by atoms with Gasteiger partial charge in [0.2, 0.25) is 0 Å². The molecule has 0 aliphatic rings. The fourth-order valence-corrected chi connectivity index (χ4v) is 3.82. The molecule has 0 bridgehead atoms. The van der Waals surface area contributed by atoms with Gasteiger partial charge in [-0.05, 0) is 65.3 Å². The number of aromatic nitrogens is 2. The number of hydrogen-bond donors (Lipinski definition) is 1. The third-order valence-corrected chi connectivity index (χ3v) is 4.80. The Bertz CT molecular complexity index is 842. The summed E-state index contributed by atoms with van der Waals surface area (Å²) in [6, 6.07) is 11.4. The average Bonchev–Trinajstić information content (AvgIpc) is 2.60. The van der Waals surface area contributed by atoms with Crippen LogP contribution in [0, 0.1) is 0 Å². The van der Waals surface area contributed by atoms with E-state index in [0.717, 1.165) is 11.4 Å². The van der Waals surface area contributed by atoms with E-state index in [1.807, 2.05) is 65.0 Å². The molecule has 30 heavy (non-hydrogen) atoms.